The molecule has 0 bridgehead atoms. The van der Waals surface area contributed by atoms with Gasteiger partial charge in [-0.25, -0.2) is 8.42 Å². The molecule has 5 heteroatoms. The fourth-order valence-corrected chi connectivity index (χ4v) is 4.45. The molecule has 0 aliphatic rings. The van der Waals surface area contributed by atoms with Crippen LogP contribution in [-0.2, 0) is 10.0 Å². The van der Waals surface area contributed by atoms with Gasteiger partial charge < -0.3 is 0 Å². The normalized spacial score (nSPS) is 11.7. The van der Waals surface area contributed by atoms with Crippen molar-refractivity contribution < 1.29 is 8.42 Å². The van der Waals surface area contributed by atoms with Crippen LogP contribution in [0.1, 0.15) is 18.9 Å². The first kappa shape index (κ1) is 21.4. The van der Waals surface area contributed by atoms with Gasteiger partial charge in [-0.3, -0.25) is 0 Å². The SMILES string of the molecule is C=C(C)C/C(I)=C/CN(CC#Cc1ccccc1)S(=O)(=O)c1ccccc1. The van der Waals surface area contributed by atoms with E-state index in [1.807, 2.05) is 43.3 Å². The van der Waals surface area contributed by atoms with Crippen LogP contribution in [0.2, 0.25) is 0 Å². The Bertz CT molecular complexity index is 956. The Morgan fingerprint density at radius 2 is 1.70 bits per heavy atom. The van der Waals surface area contributed by atoms with Gasteiger partial charge in [-0.2, -0.15) is 4.31 Å². The minimum atomic E-state index is -3.62. The highest BCUT2D eigenvalue weighted by atomic mass is 127. The van der Waals surface area contributed by atoms with Crippen molar-refractivity contribution in [2.75, 3.05) is 13.1 Å². The van der Waals surface area contributed by atoms with Crippen LogP contribution in [0.5, 0.6) is 0 Å². The molecular formula is C22H22INO2S. The molecule has 3 nitrogen and oxygen atoms in total. The maximum atomic E-state index is 13.0. The molecule has 0 aliphatic carbocycles. The molecule has 2 aromatic carbocycles. The molecule has 0 fully saturated rings. The summed E-state index contributed by atoms with van der Waals surface area (Å²) < 4.78 is 28.5. The fourth-order valence-electron chi connectivity index (χ4n) is 2.30. The van der Waals surface area contributed by atoms with E-state index in [4.69, 9.17) is 0 Å². The molecule has 0 spiro atoms. The third kappa shape index (κ3) is 6.98. The van der Waals surface area contributed by atoms with Crippen molar-refractivity contribution in [3.05, 3.63) is 88.0 Å². The molecule has 27 heavy (non-hydrogen) atoms. The van der Waals surface area contributed by atoms with E-state index < -0.39 is 10.0 Å². The summed E-state index contributed by atoms with van der Waals surface area (Å²) in [6.45, 7) is 6.25. The number of nitrogens with zero attached hydrogens (tertiary/aromatic N) is 1. The van der Waals surface area contributed by atoms with Crippen molar-refractivity contribution in [3.63, 3.8) is 0 Å². The van der Waals surface area contributed by atoms with Gasteiger partial charge in [0.05, 0.1) is 11.4 Å². The van der Waals surface area contributed by atoms with Gasteiger partial charge >= 0.3 is 0 Å². The Hall–Kier alpha value is -1.88. The van der Waals surface area contributed by atoms with Gasteiger partial charge in [-0.05, 0) is 63.8 Å². The molecular weight excluding hydrogens is 469 g/mol. The first-order chi connectivity index (χ1) is 12.9. The van der Waals surface area contributed by atoms with Crippen molar-refractivity contribution in [3.8, 4) is 11.8 Å². The van der Waals surface area contributed by atoms with Crippen molar-refractivity contribution in [1.29, 1.82) is 0 Å². The zero-order valence-corrected chi connectivity index (χ0v) is 18.2. The number of allylic oxidation sites excluding steroid dienone is 2. The third-order valence-corrected chi connectivity index (χ3v) is 6.28. The van der Waals surface area contributed by atoms with E-state index in [-0.39, 0.29) is 18.0 Å². The van der Waals surface area contributed by atoms with Crippen LogP contribution >= 0.6 is 22.6 Å². The zero-order chi connectivity index (χ0) is 19.7. The maximum Gasteiger partial charge on any atom is 0.244 e. The highest BCUT2D eigenvalue weighted by Crippen LogP contribution is 2.19. The summed E-state index contributed by atoms with van der Waals surface area (Å²) in [6, 6.07) is 18.0. The highest BCUT2D eigenvalue weighted by Gasteiger charge is 2.22. The van der Waals surface area contributed by atoms with Gasteiger partial charge in [0.25, 0.3) is 0 Å². The van der Waals surface area contributed by atoms with Crippen LogP contribution in [0.25, 0.3) is 0 Å². The Morgan fingerprint density at radius 1 is 1.11 bits per heavy atom. The lowest BCUT2D eigenvalue weighted by atomic mass is 10.2. The van der Waals surface area contributed by atoms with E-state index in [2.05, 4.69) is 41.0 Å². The zero-order valence-electron chi connectivity index (χ0n) is 15.2. The average molecular weight is 491 g/mol. The van der Waals surface area contributed by atoms with Crippen LogP contribution in [0.15, 0.2) is 87.4 Å². The van der Waals surface area contributed by atoms with E-state index in [1.54, 1.807) is 30.3 Å². The first-order valence-electron chi connectivity index (χ1n) is 8.47. The predicted molar refractivity (Wildman–Crippen MR) is 120 cm³/mol. The lowest BCUT2D eigenvalue weighted by Crippen LogP contribution is -2.31. The van der Waals surface area contributed by atoms with Gasteiger partial charge in [0.2, 0.25) is 10.0 Å². The molecule has 0 N–H and O–H groups in total. The van der Waals surface area contributed by atoms with Gasteiger partial charge in [0, 0.05) is 12.1 Å². The molecule has 0 aromatic heterocycles. The molecule has 0 aliphatic heterocycles. The smallest absolute Gasteiger partial charge is 0.207 e. The minimum absolute atomic E-state index is 0.125. The molecule has 2 rings (SSSR count). The molecule has 0 unspecified atom stereocenters. The summed E-state index contributed by atoms with van der Waals surface area (Å²) in [4.78, 5) is 0.273. The minimum Gasteiger partial charge on any atom is -0.207 e. The second kappa shape index (κ2) is 10.5. The van der Waals surface area contributed by atoms with E-state index in [9.17, 15) is 8.42 Å². The second-order valence-electron chi connectivity index (χ2n) is 6.06. The Labute approximate surface area is 176 Å². The molecule has 0 atom stereocenters. The highest BCUT2D eigenvalue weighted by molar-refractivity contribution is 14.1. The third-order valence-electron chi connectivity index (χ3n) is 3.63. The lowest BCUT2D eigenvalue weighted by Gasteiger charge is -2.18. The first-order valence-corrected chi connectivity index (χ1v) is 11.0. The van der Waals surface area contributed by atoms with Crippen LogP contribution in [0.3, 0.4) is 0 Å². The summed E-state index contributed by atoms with van der Waals surface area (Å²) in [6.07, 6.45) is 2.66. The van der Waals surface area contributed by atoms with Gasteiger partial charge in [0.1, 0.15) is 0 Å². The van der Waals surface area contributed by atoms with Crippen molar-refractivity contribution in [2.24, 2.45) is 0 Å². The Kier molecular flexibility index (Phi) is 8.29. The summed E-state index contributed by atoms with van der Waals surface area (Å²) in [5.74, 6) is 6.02. The lowest BCUT2D eigenvalue weighted by molar-refractivity contribution is 0.477. The molecule has 0 amide bonds. The van der Waals surface area contributed by atoms with E-state index >= 15 is 0 Å². The van der Waals surface area contributed by atoms with Gasteiger partial charge in [-0.1, -0.05) is 66.5 Å². The molecule has 0 radical (unpaired) electrons. The molecule has 0 saturated heterocycles. The number of sulfonamides is 1. The van der Waals surface area contributed by atoms with E-state index in [1.165, 1.54) is 4.31 Å². The van der Waals surface area contributed by atoms with Crippen LogP contribution in [0.4, 0.5) is 0 Å². The number of hydrogen-bond donors (Lipinski definition) is 0. The number of halogens is 1. The van der Waals surface area contributed by atoms with Gasteiger partial charge in [0.15, 0.2) is 0 Å². The number of hydrogen-bond acceptors (Lipinski definition) is 2. The largest absolute Gasteiger partial charge is 0.244 e. The van der Waals surface area contributed by atoms with E-state index in [0.29, 0.717) is 0 Å². The van der Waals surface area contributed by atoms with Crippen molar-refractivity contribution in [2.45, 2.75) is 18.2 Å². The Balaban J connectivity index is 2.25. The number of rotatable bonds is 7. The standard InChI is InChI=1S/C22H22INO2S/c1-19(2)18-21(23)15-17-24(16-9-12-20-10-5-3-6-11-20)27(25,26)22-13-7-4-8-14-22/h3-8,10-11,13-15H,1,16-18H2,2H3/b21-15-. The van der Waals surface area contributed by atoms with Crippen LogP contribution < -0.4 is 0 Å². The Morgan fingerprint density at radius 3 is 2.30 bits per heavy atom. The fraction of sp³-hybridized carbons (Fsp3) is 0.182. The molecule has 2 aromatic rings. The number of benzene rings is 2. The maximum absolute atomic E-state index is 13.0. The summed E-state index contributed by atoms with van der Waals surface area (Å²) in [5, 5.41) is 0. The van der Waals surface area contributed by atoms with Crippen molar-refractivity contribution >= 4 is 32.6 Å². The monoisotopic (exact) mass is 491 g/mol. The molecule has 0 saturated carbocycles. The molecule has 0 heterocycles. The van der Waals surface area contributed by atoms with Crippen LogP contribution in [0, 0.1) is 11.8 Å². The average Bonchev–Trinajstić information content (AvgIpc) is 2.65. The van der Waals surface area contributed by atoms with Crippen molar-refractivity contribution in [1.82, 2.24) is 4.31 Å². The summed E-state index contributed by atoms with van der Waals surface area (Å²) in [7, 11) is -3.62. The van der Waals surface area contributed by atoms with E-state index in [0.717, 1.165) is 21.1 Å². The summed E-state index contributed by atoms with van der Waals surface area (Å²) >= 11 is 2.22. The quantitative estimate of drug-likeness (QED) is 0.310. The second-order valence-corrected chi connectivity index (χ2v) is 9.39. The topological polar surface area (TPSA) is 37.4 Å². The van der Waals surface area contributed by atoms with Gasteiger partial charge in [-0.15, -0.1) is 0 Å². The van der Waals surface area contributed by atoms with Crippen LogP contribution in [-0.4, -0.2) is 25.8 Å². The summed E-state index contributed by atoms with van der Waals surface area (Å²) in [5.41, 5.74) is 1.90. The molecule has 140 valence electrons. The predicted octanol–water partition coefficient (Wildman–Crippen LogP) is 5.01.